The third-order valence-corrected chi connectivity index (χ3v) is 6.94. The molecule has 1 aliphatic carbocycles. The summed E-state index contributed by atoms with van der Waals surface area (Å²) in [6, 6.07) is 19.9. The molecule has 176 valence electrons. The maximum absolute atomic E-state index is 12.8. The molecule has 2 aliphatic rings. The molecule has 0 spiro atoms. The Labute approximate surface area is 201 Å². The average molecular weight is 457 g/mol. The Bertz CT molecular complexity index is 1130. The molecule has 2 heterocycles. The third kappa shape index (κ3) is 5.06. The maximum atomic E-state index is 12.8. The van der Waals surface area contributed by atoms with Gasteiger partial charge in [0.05, 0.1) is 18.8 Å². The average Bonchev–Trinajstić information content (AvgIpc) is 3.28. The number of carbonyl (C=O) groups is 2. The van der Waals surface area contributed by atoms with E-state index in [0.717, 1.165) is 35.5 Å². The first-order valence-corrected chi connectivity index (χ1v) is 12.5. The summed E-state index contributed by atoms with van der Waals surface area (Å²) in [6.07, 6.45) is 8.80. The van der Waals surface area contributed by atoms with Gasteiger partial charge in [-0.3, -0.25) is 14.5 Å². The van der Waals surface area contributed by atoms with Gasteiger partial charge in [0.1, 0.15) is 5.82 Å². The molecule has 34 heavy (non-hydrogen) atoms. The van der Waals surface area contributed by atoms with Crippen LogP contribution >= 0.6 is 0 Å². The van der Waals surface area contributed by atoms with Gasteiger partial charge in [0.2, 0.25) is 5.91 Å². The molecule has 0 unspecified atom stereocenters. The Morgan fingerprint density at radius 2 is 1.65 bits per heavy atom. The van der Waals surface area contributed by atoms with E-state index in [4.69, 9.17) is 5.10 Å². The van der Waals surface area contributed by atoms with Crippen molar-refractivity contribution >= 4 is 17.6 Å². The van der Waals surface area contributed by atoms with Crippen molar-refractivity contribution < 1.29 is 9.59 Å². The molecule has 6 nitrogen and oxygen atoms in total. The Morgan fingerprint density at radius 3 is 2.38 bits per heavy atom. The summed E-state index contributed by atoms with van der Waals surface area (Å²) in [7, 11) is 0. The lowest BCUT2D eigenvalue weighted by molar-refractivity contribution is -0.119. The minimum absolute atomic E-state index is 0.00301. The Kier molecular flexibility index (Phi) is 6.74. The summed E-state index contributed by atoms with van der Waals surface area (Å²) in [4.78, 5) is 27.4. The van der Waals surface area contributed by atoms with E-state index < -0.39 is 0 Å². The van der Waals surface area contributed by atoms with E-state index in [9.17, 15) is 9.59 Å². The van der Waals surface area contributed by atoms with Crippen LogP contribution in [0.25, 0.3) is 11.3 Å². The maximum Gasteiger partial charge on any atom is 0.251 e. The molecule has 0 saturated heterocycles. The highest BCUT2D eigenvalue weighted by Crippen LogP contribution is 2.29. The minimum Gasteiger partial charge on any atom is -0.349 e. The van der Waals surface area contributed by atoms with E-state index in [0.29, 0.717) is 25.1 Å². The molecule has 0 atom stereocenters. The van der Waals surface area contributed by atoms with Crippen molar-refractivity contribution in [2.75, 3.05) is 4.90 Å². The van der Waals surface area contributed by atoms with Crippen LogP contribution in [0.4, 0.5) is 5.82 Å². The van der Waals surface area contributed by atoms with Crippen molar-refractivity contribution in [3.8, 4) is 11.3 Å². The monoisotopic (exact) mass is 456 g/mol. The fourth-order valence-corrected chi connectivity index (χ4v) is 4.99. The van der Waals surface area contributed by atoms with Gasteiger partial charge in [-0.1, -0.05) is 74.6 Å². The van der Waals surface area contributed by atoms with Crippen LogP contribution in [-0.4, -0.2) is 27.6 Å². The molecule has 0 bridgehead atoms. The first-order valence-electron chi connectivity index (χ1n) is 12.5. The van der Waals surface area contributed by atoms with Gasteiger partial charge in [0.15, 0.2) is 0 Å². The molecule has 1 saturated carbocycles. The second kappa shape index (κ2) is 10.2. The number of amides is 2. The van der Waals surface area contributed by atoms with Gasteiger partial charge in [-0.05, 0) is 30.5 Å². The summed E-state index contributed by atoms with van der Waals surface area (Å²) in [5.74, 6) is 0.913. The predicted octanol–water partition coefficient (Wildman–Crippen LogP) is 5.33. The summed E-state index contributed by atoms with van der Waals surface area (Å²) >= 11 is 0. The quantitative estimate of drug-likeness (QED) is 0.564. The molecule has 1 N–H and O–H groups in total. The van der Waals surface area contributed by atoms with E-state index in [1.165, 1.54) is 32.1 Å². The van der Waals surface area contributed by atoms with Crippen molar-refractivity contribution in [3.05, 3.63) is 71.8 Å². The third-order valence-electron chi connectivity index (χ3n) is 6.94. The van der Waals surface area contributed by atoms with Crippen LogP contribution in [0.2, 0.25) is 0 Å². The molecule has 2 aromatic carbocycles. The second-order valence-electron chi connectivity index (χ2n) is 9.42. The van der Waals surface area contributed by atoms with Crippen LogP contribution in [0.1, 0.15) is 67.3 Å². The molecule has 5 rings (SSSR count). The summed E-state index contributed by atoms with van der Waals surface area (Å²) in [5, 5.41) is 7.95. The topological polar surface area (TPSA) is 67.2 Å². The van der Waals surface area contributed by atoms with E-state index >= 15 is 0 Å². The molecule has 3 aromatic rings. The van der Waals surface area contributed by atoms with Gasteiger partial charge in [-0.2, -0.15) is 5.10 Å². The standard InChI is InChI=1S/C28H32N4O2/c33-27-17-18-32-26(19-25(30-32)22-9-5-4-6-10-22)31(27)20-21-13-15-23(16-14-21)28(34)29-24-11-7-2-1-3-8-12-24/h4-6,9-10,13-16,19,24H,1-3,7-8,11-12,17-18,20H2,(H,29,34). The first kappa shape index (κ1) is 22.4. The lowest BCUT2D eigenvalue weighted by Gasteiger charge is -2.27. The molecule has 0 radical (unpaired) electrons. The zero-order valence-electron chi connectivity index (χ0n) is 19.6. The van der Waals surface area contributed by atoms with Crippen molar-refractivity contribution in [1.29, 1.82) is 0 Å². The number of hydrogen-bond donors (Lipinski definition) is 1. The molecule has 1 fully saturated rings. The van der Waals surface area contributed by atoms with E-state index in [2.05, 4.69) is 5.32 Å². The van der Waals surface area contributed by atoms with Crippen molar-refractivity contribution in [3.63, 3.8) is 0 Å². The fourth-order valence-electron chi connectivity index (χ4n) is 4.99. The lowest BCUT2D eigenvalue weighted by atomic mass is 9.96. The summed E-state index contributed by atoms with van der Waals surface area (Å²) in [6.45, 7) is 1.06. The molecule has 6 heteroatoms. The van der Waals surface area contributed by atoms with Gasteiger partial charge >= 0.3 is 0 Å². The number of fused-ring (bicyclic) bond motifs is 1. The number of hydrogen-bond acceptors (Lipinski definition) is 3. The summed E-state index contributed by atoms with van der Waals surface area (Å²) in [5.41, 5.74) is 3.58. The number of benzene rings is 2. The highest BCUT2D eigenvalue weighted by molar-refractivity contribution is 5.95. The largest absolute Gasteiger partial charge is 0.349 e. The molecule has 1 aromatic heterocycles. The van der Waals surface area contributed by atoms with E-state index in [1.807, 2.05) is 65.3 Å². The van der Waals surface area contributed by atoms with Gasteiger partial charge in [0.25, 0.3) is 5.91 Å². The number of nitrogens with one attached hydrogen (secondary N) is 1. The summed E-state index contributed by atoms with van der Waals surface area (Å²) < 4.78 is 1.92. The molecule has 1 aliphatic heterocycles. The second-order valence-corrected chi connectivity index (χ2v) is 9.42. The molecule has 2 amide bonds. The fraction of sp³-hybridized carbons (Fsp3) is 0.393. The zero-order valence-corrected chi connectivity index (χ0v) is 19.6. The lowest BCUT2D eigenvalue weighted by Crippen LogP contribution is -2.37. The van der Waals surface area contributed by atoms with Gasteiger partial charge in [0, 0.05) is 29.7 Å². The number of nitrogens with zero attached hydrogens (tertiary/aromatic N) is 3. The normalized spacial score (nSPS) is 17.1. The van der Waals surface area contributed by atoms with Crippen LogP contribution in [0.3, 0.4) is 0 Å². The van der Waals surface area contributed by atoms with Gasteiger partial charge in [-0.25, -0.2) is 4.68 Å². The molecular formula is C28H32N4O2. The van der Waals surface area contributed by atoms with E-state index in [-0.39, 0.29) is 17.9 Å². The number of rotatable bonds is 5. The number of carbonyl (C=O) groups excluding carboxylic acids is 2. The van der Waals surface area contributed by atoms with Gasteiger partial charge in [-0.15, -0.1) is 0 Å². The van der Waals surface area contributed by atoms with Crippen LogP contribution in [-0.2, 0) is 17.9 Å². The van der Waals surface area contributed by atoms with Crippen LogP contribution < -0.4 is 10.2 Å². The van der Waals surface area contributed by atoms with Crippen molar-refractivity contribution in [2.24, 2.45) is 0 Å². The Hall–Kier alpha value is -3.41. The van der Waals surface area contributed by atoms with Crippen LogP contribution in [0.5, 0.6) is 0 Å². The van der Waals surface area contributed by atoms with Crippen molar-refractivity contribution in [2.45, 2.75) is 70.5 Å². The molecular weight excluding hydrogens is 424 g/mol. The Morgan fingerprint density at radius 1 is 0.941 bits per heavy atom. The number of aryl methyl sites for hydroxylation is 1. The SMILES string of the molecule is O=C(NC1CCCCCCC1)c1ccc(CN2C(=O)CCn3nc(-c4ccccc4)cc32)cc1. The number of aromatic nitrogens is 2. The highest BCUT2D eigenvalue weighted by Gasteiger charge is 2.26. The highest BCUT2D eigenvalue weighted by atomic mass is 16.2. The first-order chi connectivity index (χ1) is 16.7. The van der Waals surface area contributed by atoms with E-state index in [1.54, 1.807) is 4.90 Å². The van der Waals surface area contributed by atoms with Gasteiger partial charge < -0.3 is 5.32 Å². The zero-order chi connectivity index (χ0) is 23.3. The number of anilines is 1. The predicted molar refractivity (Wildman–Crippen MR) is 133 cm³/mol. The Balaban J connectivity index is 1.27. The minimum atomic E-state index is -0.00301. The smallest absolute Gasteiger partial charge is 0.251 e. The van der Waals surface area contributed by atoms with Crippen molar-refractivity contribution in [1.82, 2.24) is 15.1 Å². The van der Waals surface area contributed by atoms with Crippen LogP contribution in [0, 0.1) is 0 Å². The van der Waals surface area contributed by atoms with Crippen LogP contribution in [0.15, 0.2) is 60.7 Å².